The number of carbonyl (C=O) groups is 1. The fourth-order valence-electron chi connectivity index (χ4n) is 1.88. The van der Waals surface area contributed by atoms with Crippen molar-refractivity contribution in [1.82, 2.24) is 20.0 Å². The van der Waals surface area contributed by atoms with Gasteiger partial charge in [-0.05, 0) is 25.8 Å². The Hall–Kier alpha value is -1.90. The average molecular weight is 313 g/mol. The summed E-state index contributed by atoms with van der Waals surface area (Å²) in [6, 6.07) is 1.27. The van der Waals surface area contributed by atoms with Crippen LogP contribution in [0, 0.1) is 6.92 Å². The minimum atomic E-state index is -2.64. The van der Waals surface area contributed by atoms with Crippen LogP contribution in [0.3, 0.4) is 0 Å². The number of carbonyl (C=O) groups excluding carboxylic acids is 1. The van der Waals surface area contributed by atoms with Crippen molar-refractivity contribution < 1.29 is 13.6 Å². The lowest BCUT2D eigenvalue weighted by molar-refractivity contribution is -0.117. The Balaban J connectivity index is 1.62. The van der Waals surface area contributed by atoms with Crippen molar-refractivity contribution in [2.24, 2.45) is 0 Å². The zero-order valence-corrected chi connectivity index (χ0v) is 12.0. The molecule has 2 aromatic heterocycles. The highest BCUT2D eigenvalue weighted by molar-refractivity contribution is 7.15. The topological polar surface area (TPSA) is 72.7 Å². The molecule has 9 heteroatoms. The number of amides is 1. The lowest BCUT2D eigenvalue weighted by atomic mass is 10.4. The second-order valence-corrected chi connectivity index (χ2v) is 5.95. The standard InChI is InChI=1S/C12H13F2N5OS/c1-6-4-8(10(13)14)18-19(6)5-9(20)15-12-17-16-11(21-12)7-2-3-7/h4,7,10H,2-3,5H2,1H3,(H,15,17,20). The third-order valence-corrected chi connectivity index (χ3v) is 4.13. The van der Waals surface area contributed by atoms with E-state index >= 15 is 0 Å². The van der Waals surface area contributed by atoms with Gasteiger partial charge >= 0.3 is 0 Å². The summed E-state index contributed by atoms with van der Waals surface area (Å²) in [6.45, 7) is 1.50. The first kappa shape index (κ1) is 14.1. The van der Waals surface area contributed by atoms with E-state index in [1.165, 1.54) is 22.1 Å². The van der Waals surface area contributed by atoms with Gasteiger partial charge in [0.1, 0.15) is 17.2 Å². The van der Waals surface area contributed by atoms with E-state index in [0.717, 1.165) is 17.8 Å². The fraction of sp³-hybridized carbons (Fsp3) is 0.500. The van der Waals surface area contributed by atoms with Crippen molar-refractivity contribution in [3.05, 3.63) is 22.5 Å². The van der Waals surface area contributed by atoms with Crippen LogP contribution in [0.4, 0.5) is 13.9 Å². The molecule has 0 bridgehead atoms. The first-order chi connectivity index (χ1) is 10.0. The predicted octanol–water partition coefficient (Wildman–Crippen LogP) is 2.50. The molecule has 1 N–H and O–H groups in total. The van der Waals surface area contributed by atoms with E-state index in [4.69, 9.17) is 0 Å². The summed E-state index contributed by atoms with van der Waals surface area (Å²) in [6.07, 6.45) is -0.408. The van der Waals surface area contributed by atoms with E-state index in [1.54, 1.807) is 6.92 Å². The summed E-state index contributed by atoms with van der Waals surface area (Å²) in [5.74, 6) is 0.121. The van der Waals surface area contributed by atoms with Crippen LogP contribution in [0.15, 0.2) is 6.07 Å². The summed E-state index contributed by atoms with van der Waals surface area (Å²) >= 11 is 1.35. The Morgan fingerprint density at radius 2 is 2.29 bits per heavy atom. The van der Waals surface area contributed by atoms with E-state index in [9.17, 15) is 13.6 Å². The monoisotopic (exact) mass is 313 g/mol. The predicted molar refractivity (Wildman–Crippen MR) is 72.4 cm³/mol. The molecule has 0 spiro atoms. The van der Waals surface area contributed by atoms with Crippen molar-refractivity contribution in [1.29, 1.82) is 0 Å². The third kappa shape index (κ3) is 3.23. The Bertz CT molecular complexity index is 664. The largest absolute Gasteiger partial charge is 0.299 e. The summed E-state index contributed by atoms with van der Waals surface area (Å²) in [4.78, 5) is 11.9. The quantitative estimate of drug-likeness (QED) is 0.920. The number of nitrogens with zero attached hydrogens (tertiary/aromatic N) is 4. The van der Waals surface area contributed by atoms with Gasteiger partial charge in [0, 0.05) is 11.6 Å². The van der Waals surface area contributed by atoms with E-state index in [-0.39, 0.29) is 18.1 Å². The highest BCUT2D eigenvalue weighted by Crippen LogP contribution is 2.42. The van der Waals surface area contributed by atoms with Gasteiger partial charge in [-0.3, -0.25) is 14.8 Å². The van der Waals surface area contributed by atoms with Crippen LogP contribution in [-0.4, -0.2) is 25.9 Å². The van der Waals surface area contributed by atoms with E-state index in [0.29, 0.717) is 16.7 Å². The average Bonchev–Trinajstić information content (AvgIpc) is 3.07. The Labute approximate surface area is 123 Å². The fourth-order valence-corrected chi connectivity index (χ4v) is 2.81. The molecule has 6 nitrogen and oxygen atoms in total. The molecule has 0 atom stereocenters. The zero-order chi connectivity index (χ0) is 15.0. The van der Waals surface area contributed by atoms with Gasteiger partial charge in [0.25, 0.3) is 6.43 Å². The van der Waals surface area contributed by atoms with Gasteiger partial charge in [-0.2, -0.15) is 5.10 Å². The normalized spacial score (nSPS) is 14.7. The van der Waals surface area contributed by atoms with Gasteiger partial charge in [-0.25, -0.2) is 8.78 Å². The van der Waals surface area contributed by atoms with Crippen LogP contribution in [0.25, 0.3) is 0 Å². The Morgan fingerprint density at radius 3 is 2.90 bits per heavy atom. The lowest BCUT2D eigenvalue weighted by Crippen LogP contribution is -2.20. The molecular weight excluding hydrogens is 300 g/mol. The highest BCUT2D eigenvalue weighted by Gasteiger charge is 2.27. The van der Waals surface area contributed by atoms with Crippen LogP contribution in [0.1, 0.15) is 41.6 Å². The molecule has 0 radical (unpaired) electrons. The van der Waals surface area contributed by atoms with Crippen LogP contribution in [-0.2, 0) is 11.3 Å². The number of anilines is 1. The molecule has 21 heavy (non-hydrogen) atoms. The number of aryl methyl sites for hydroxylation is 1. The van der Waals surface area contributed by atoms with E-state index < -0.39 is 6.43 Å². The Kier molecular flexibility index (Phi) is 3.66. The molecule has 3 rings (SSSR count). The number of nitrogens with one attached hydrogen (secondary N) is 1. The van der Waals surface area contributed by atoms with Crippen LogP contribution >= 0.6 is 11.3 Å². The van der Waals surface area contributed by atoms with Gasteiger partial charge in [0.15, 0.2) is 0 Å². The van der Waals surface area contributed by atoms with Crippen molar-refractivity contribution in [3.63, 3.8) is 0 Å². The minimum Gasteiger partial charge on any atom is -0.299 e. The summed E-state index contributed by atoms with van der Waals surface area (Å²) in [5.41, 5.74) is 0.184. The van der Waals surface area contributed by atoms with E-state index in [2.05, 4.69) is 20.6 Å². The van der Waals surface area contributed by atoms with E-state index in [1.807, 2.05) is 0 Å². The maximum Gasteiger partial charge on any atom is 0.282 e. The zero-order valence-electron chi connectivity index (χ0n) is 11.2. The molecule has 2 heterocycles. The van der Waals surface area contributed by atoms with Crippen LogP contribution < -0.4 is 5.32 Å². The van der Waals surface area contributed by atoms with Crippen molar-refractivity contribution in [3.8, 4) is 0 Å². The third-order valence-electron chi connectivity index (χ3n) is 3.13. The molecule has 0 aliphatic heterocycles. The highest BCUT2D eigenvalue weighted by atomic mass is 32.1. The van der Waals surface area contributed by atoms with Gasteiger partial charge in [0.2, 0.25) is 11.0 Å². The summed E-state index contributed by atoms with van der Waals surface area (Å²) in [7, 11) is 0. The summed E-state index contributed by atoms with van der Waals surface area (Å²) < 4.78 is 26.3. The van der Waals surface area contributed by atoms with Crippen molar-refractivity contribution >= 4 is 22.4 Å². The lowest BCUT2D eigenvalue weighted by Gasteiger charge is -2.03. The van der Waals surface area contributed by atoms with Gasteiger partial charge < -0.3 is 0 Å². The first-order valence-corrected chi connectivity index (χ1v) is 7.30. The summed E-state index contributed by atoms with van der Waals surface area (Å²) in [5, 5.41) is 15.6. The second kappa shape index (κ2) is 5.47. The number of hydrogen-bond donors (Lipinski definition) is 1. The van der Waals surface area contributed by atoms with Gasteiger partial charge in [-0.1, -0.05) is 11.3 Å². The molecule has 2 aromatic rings. The van der Waals surface area contributed by atoms with Crippen molar-refractivity contribution in [2.45, 2.75) is 38.7 Å². The maximum absolute atomic E-state index is 12.5. The number of halogens is 2. The Morgan fingerprint density at radius 1 is 1.52 bits per heavy atom. The van der Waals surface area contributed by atoms with Crippen molar-refractivity contribution in [2.75, 3.05) is 5.32 Å². The molecule has 112 valence electrons. The molecule has 1 amide bonds. The van der Waals surface area contributed by atoms with Gasteiger partial charge in [0.05, 0.1) is 0 Å². The molecule has 1 aliphatic carbocycles. The first-order valence-electron chi connectivity index (χ1n) is 6.48. The molecule has 1 aliphatic rings. The molecule has 0 unspecified atom stereocenters. The van der Waals surface area contributed by atoms with Gasteiger partial charge in [-0.15, -0.1) is 10.2 Å². The number of aromatic nitrogens is 4. The molecular formula is C12H13F2N5OS. The maximum atomic E-state index is 12.5. The molecule has 1 fully saturated rings. The number of alkyl halides is 2. The molecule has 1 saturated carbocycles. The smallest absolute Gasteiger partial charge is 0.282 e. The number of hydrogen-bond acceptors (Lipinski definition) is 5. The number of rotatable bonds is 5. The molecule has 0 saturated heterocycles. The van der Waals surface area contributed by atoms with Crippen LogP contribution in [0.2, 0.25) is 0 Å². The molecule has 0 aromatic carbocycles. The second-order valence-electron chi connectivity index (χ2n) is 4.94. The SMILES string of the molecule is Cc1cc(C(F)F)nn1CC(=O)Nc1nnc(C2CC2)s1. The minimum absolute atomic E-state index is 0.128. The van der Waals surface area contributed by atoms with Crippen LogP contribution in [0.5, 0.6) is 0 Å².